The second kappa shape index (κ2) is 8.70. The van der Waals surface area contributed by atoms with Gasteiger partial charge >= 0.3 is 0 Å². The first kappa shape index (κ1) is 20.3. The van der Waals surface area contributed by atoms with Crippen LogP contribution < -0.4 is 10.0 Å². The Bertz CT molecular complexity index is 1030. The summed E-state index contributed by atoms with van der Waals surface area (Å²) in [6, 6.07) is 8.92. The van der Waals surface area contributed by atoms with E-state index < -0.39 is 27.6 Å². The van der Waals surface area contributed by atoms with Crippen LogP contribution in [0.25, 0.3) is 0 Å². The molecule has 1 aliphatic heterocycles. The van der Waals surface area contributed by atoms with E-state index in [9.17, 15) is 22.0 Å². The van der Waals surface area contributed by atoms with Gasteiger partial charge in [-0.3, -0.25) is 14.5 Å². The van der Waals surface area contributed by atoms with E-state index in [1.807, 2.05) is 0 Å². The Balaban J connectivity index is 1.62. The quantitative estimate of drug-likeness (QED) is 0.696. The lowest BCUT2D eigenvalue weighted by atomic mass is 10.3. The van der Waals surface area contributed by atoms with Gasteiger partial charge in [0.1, 0.15) is 17.5 Å². The fourth-order valence-electron chi connectivity index (χ4n) is 2.51. The van der Waals surface area contributed by atoms with Gasteiger partial charge in [-0.05, 0) is 36.8 Å². The number of sulfonamides is 1. The van der Waals surface area contributed by atoms with E-state index >= 15 is 0 Å². The van der Waals surface area contributed by atoms with Crippen molar-refractivity contribution < 1.29 is 22.0 Å². The summed E-state index contributed by atoms with van der Waals surface area (Å²) in [6.07, 6.45) is 1.38. The lowest BCUT2D eigenvalue weighted by molar-refractivity contribution is -0.113. The maximum Gasteiger partial charge on any atom is 0.262 e. The first-order valence-electron chi connectivity index (χ1n) is 8.37. The SMILES string of the molecule is O=C(CSc1ccc(F)cc1F)Nc1cccc(S(=O)(=O)NC2=NCCC2)c1. The largest absolute Gasteiger partial charge is 0.325 e. The molecular formula is C18H17F2N3O3S2. The van der Waals surface area contributed by atoms with E-state index in [1.54, 1.807) is 6.07 Å². The molecule has 0 bridgehead atoms. The average molecular weight is 425 g/mol. The van der Waals surface area contributed by atoms with Gasteiger partial charge in [-0.1, -0.05) is 6.07 Å². The molecule has 0 aromatic heterocycles. The monoisotopic (exact) mass is 425 g/mol. The molecule has 0 aliphatic carbocycles. The van der Waals surface area contributed by atoms with E-state index in [1.165, 1.54) is 24.3 Å². The topological polar surface area (TPSA) is 87.6 Å². The summed E-state index contributed by atoms with van der Waals surface area (Å²) in [5.41, 5.74) is 0.293. The maximum atomic E-state index is 13.6. The van der Waals surface area contributed by atoms with E-state index in [4.69, 9.17) is 0 Å². The predicted octanol–water partition coefficient (Wildman–Crippen LogP) is 3.17. The van der Waals surface area contributed by atoms with Crippen molar-refractivity contribution in [1.29, 1.82) is 0 Å². The van der Waals surface area contributed by atoms with Gasteiger partial charge in [-0.2, -0.15) is 0 Å². The number of rotatable bonds is 6. The van der Waals surface area contributed by atoms with Crippen LogP contribution in [-0.4, -0.2) is 32.5 Å². The molecule has 0 fully saturated rings. The standard InChI is InChI=1S/C18H17F2N3O3S2/c19-12-6-7-16(15(20)9-12)27-11-18(24)22-13-3-1-4-14(10-13)28(25,26)23-17-5-2-8-21-17/h1,3-4,6-7,9-10H,2,5,8,11H2,(H,21,23)(H,22,24). The first-order chi connectivity index (χ1) is 13.3. The van der Waals surface area contributed by atoms with Crippen molar-refractivity contribution in [2.75, 3.05) is 17.6 Å². The van der Waals surface area contributed by atoms with E-state index in [2.05, 4.69) is 15.0 Å². The molecule has 3 rings (SSSR count). The van der Waals surface area contributed by atoms with Gasteiger partial charge in [0.25, 0.3) is 10.0 Å². The highest BCUT2D eigenvalue weighted by Gasteiger charge is 2.19. The maximum absolute atomic E-state index is 13.6. The highest BCUT2D eigenvalue weighted by Crippen LogP contribution is 2.23. The number of carbonyl (C=O) groups excluding carboxylic acids is 1. The average Bonchev–Trinajstić information content (AvgIpc) is 3.13. The lowest BCUT2D eigenvalue weighted by Crippen LogP contribution is -2.29. The van der Waals surface area contributed by atoms with Crippen molar-refractivity contribution in [3.05, 3.63) is 54.1 Å². The van der Waals surface area contributed by atoms with Crippen molar-refractivity contribution in [2.24, 2.45) is 4.99 Å². The van der Waals surface area contributed by atoms with Crippen LogP contribution in [0.2, 0.25) is 0 Å². The van der Waals surface area contributed by atoms with Crippen molar-refractivity contribution >= 4 is 39.2 Å². The van der Waals surface area contributed by atoms with Crippen molar-refractivity contribution in [3.8, 4) is 0 Å². The molecule has 0 saturated carbocycles. The summed E-state index contributed by atoms with van der Waals surface area (Å²) < 4.78 is 53.8. The van der Waals surface area contributed by atoms with E-state index in [0.29, 0.717) is 24.5 Å². The molecule has 0 atom stereocenters. The Hall–Kier alpha value is -2.46. The number of amides is 1. The van der Waals surface area contributed by atoms with Crippen molar-refractivity contribution in [1.82, 2.24) is 4.72 Å². The molecule has 0 radical (unpaired) electrons. The number of hydrogen-bond acceptors (Lipinski definition) is 5. The molecule has 6 nitrogen and oxygen atoms in total. The van der Waals surface area contributed by atoms with Gasteiger partial charge in [0.05, 0.1) is 10.6 Å². The number of thioether (sulfide) groups is 1. The normalized spacial score (nSPS) is 13.9. The van der Waals surface area contributed by atoms with Crippen LogP contribution in [0.15, 0.2) is 57.2 Å². The summed E-state index contributed by atoms with van der Waals surface area (Å²) in [5, 5.41) is 2.57. The van der Waals surface area contributed by atoms with E-state index in [0.717, 1.165) is 30.3 Å². The Morgan fingerprint density at radius 2 is 2.00 bits per heavy atom. The molecule has 2 aromatic carbocycles. The molecule has 2 aromatic rings. The lowest BCUT2D eigenvalue weighted by Gasteiger charge is -2.10. The molecule has 0 unspecified atom stereocenters. The Labute approximate surface area is 165 Å². The van der Waals surface area contributed by atoms with Gasteiger partial charge in [0.2, 0.25) is 5.91 Å². The minimum atomic E-state index is -3.79. The Morgan fingerprint density at radius 3 is 2.71 bits per heavy atom. The van der Waals surface area contributed by atoms with Crippen LogP contribution in [0.1, 0.15) is 12.8 Å². The summed E-state index contributed by atoms with van der Waals surface area (Å²) in [5.74, 6) is -1.58. The number of amidine groups is 1. The minimum Gasteiger partial charge on any atom is -0.325 e. The predicted molar refractivity (Wildman–Crippen MR) is 104 cm³/mol. The van der Waals surface area contributed by atoms with Gasteiger partial charge < -0.3 is 5.32 Å². The fraction of sp³-hybridized carbons (Fsp3) is 0.222. The van der Waals surface area contributed by atoms with Crippen molar-refractivity contribution in [2.45, 2.75) is 22.6 Å². The number of nitrogens with one attached hydrogen (secondary N) is 2. The number of carbonyl (C=O) groups is 1. The second-order valence-corrected chi connectivity index (χ2v) is 8.68. The Morgan fingerprint density at radius 1 is 1.18 bits per heavy atom. The van der Waals surface area contributed by atoms with Crippen molar-refractivity contribution in [3.63, 3.8) is 0 Å². The number of anilines is 1. The number of hydrogen-bond donors (Lipinski definition) is 2. The third kappa shape index (κ3) is 5.29. The summed E-state index contributed by atoms with van der Waals surface area (Å²) in [4.78, 5) is 16.3. The molecular weight excluding hydrogens is 408 g/mol. The number of benzene rings is 2. The molecule has 28 heavy (non-hydrogen) atoms. The molecule has 1 aliphatic rings. The summed E-state index contributed by atoms with van der Waals surface area (Å²) in [6.45, 7) is 0.597. The zero-order valence-electron chi connectivity index (χ0n) is 14.6. The molecule has 0 spiro atoms. The molecule has 2 N–H and O–H groups in total. The van der Waals surface area contributed by atoms with Crippen LogP contribution in [0.4, 0.5) is 14.5 Å². The van der Waals surface area contributed by atoms with Crippen LogP contribution in [-0.2, 0) is 14.8 Å². The molecule has 1 heterocycles. The second-order valence-electron chi connectivity index (χ2n) is 5.98. The molecule has 1 amide bonds. The highest BCUT2D eigenvalue weighted by molar-refractivity contribution is 8.00. The summed E-state index contributed by atoms with van der Waals surface area (Å²) >= 11 is 0.914. The van der Waals surface area contributed by atoms with E-state index in [-0.39, 0.29) is 15.5 Å². The molecule has 148 valence electrons. The highest BCUT2D eigenvalue weighted by atomic mass is 32.2. The van der Waals surface area contributed by atoms with Crippen LogP contribution in [0, 0.1) is 11.6 Å². The van der Waals surface area contributed by atoms with Gasteiger partial charge in [-0.15, -0.1) is 11.8 Å². The summed E-state index contributed by atoms with van der Waals surface area (Å²) in [7, 11) is -3.79. The van der Waals surface area contributed by atoms with Gasteiger partial charge in [0.15, 0.2) is 0 Å². The molecule has 0 saturated heterocycles. The number of nitrogens with zero attached hydrogens (tertiary/aromatic N) is 1. The zero-order valence-corrected chi connectivity index (χ0v) is 16.2. The smallest absolute Gasteiger partial charge is 0.262 e. The number of halogens is 2. The minimum absolute atomic E-state index is 0.00266. The third-order valence-corrected chi connectivity index (χ3v) is 6.23. The van der Waals surface area contributed by atoms with Crippen LogP contribution in [0.5, 0.6) is 0 Å². The third-order valence-electron chi connectivity index (χ3n) is 3.81. The van der Waals surface area contributed by atoms with Crippen LogP contribution in [0.3, 0.4) is 0 Å². The zero-order chi connectivity index (χ0) is 20.1. The molecule has 10 heteroatoms. The van der Waals surface area contributed by atoms with Gasteiger partial charge in [0, 0.05) is 29.6 Å². The van der Waals surface area contributed by atoms with Crippen LogP contribution >= 0.6 is 11.8 Å². The Kier molecular flexibility index (Phi) is 6.30. The number of aliphatic imine (C=N–C) groups is 1. The first-order valence-corrected chi connectivity index (χ1v) is 10.8. The fourth-order valence-corrected chi connectivity index (χ4v) is 4.36. The van der Waals surface area contributed by atoms with Gasteiger partial charge in [-0.25, -0.2) is 17.2 Å².